The van der Waals surface area contributed by atoms with Gasteiger partial charge in [-0.15, -0.1) is 0 Å². The first-order chi connectivity index (χ1) is 7.77. The summed E-state index contributed by atoms with van der Waals surface area (Å²) in [6.45, 7) is 10.2. The van der Waals surface area contributed by atoms with E-state index < -0.39 is 5.54 Å². The standard InChI is InChI=1S/C13H25N3O/c1-6-7-8-9-13(5)10(17)14-11(16-13)15-12(2,3)4/h6-9H2,1-5H3,(H2,14,15,16,17). The average molecular weight is 239 g/mol. The minimum absolute atomic E-state index is 0.0142. The van der Waals surface area contributed by atoms with Crippen LogP contribution in [0.3, 0.4) is 0 Å². The number of hydrogen-bond donors (Lipinski definition) is 2. The summed E-state index contributed by atoms with van der Waals surface area (Å²) in [7, 11) is 0. The first kappa shape index (κ1) is 14.0. The molecule has 1 heterocycles. The Morgan fingerprint density at radius 1 is 1.35 bits per heavy atom. The highest BCUT2D eigenvalue weighted by Crippen LogP contribution is 2.23. The van der Waals surface area contributed by atoms with Crippen molar-refractivity contribution < 1.29 is 4.79 Å². The van der Waals surface area contributed by atoms with E-state index >= 15 is 0 Å². The summed E-state index contributed by atoms with van der Waals surface area (Å²) in [5.74, 6) is 0.627. The molecule has 1 atom stereocenters. The van der Waals surface area contributed by atoms with Crippen LogP contribution < -0.4 is 10.6 Å². The summed E-state index contributed by atoms with van der Waals surface area (Å²) in [6, 6.07) is 0. The van der Waals surface area contributed by atoms with E-state index in [1.165, 1.54) is 0 Å². The fraction of sp³-hybridized carbons (Fsp3) is 0.846. The fourth-order valence-electron chi connectivity index (χ4n) is 1.87. The lowest BCUT2D eigenvalue weighted by molar-refractivity contribution is -0.123. The summed E-state index contributed by atoms with van der Waals surface area (Å²) < 4.78 is 0. The van der Waals surface area contributed by atoms with Gasteiger partial charge in [0.25, 0.3) is 5.91 Å². The Balaban J connectivity index is 2.63. The fourth-order valence-corrected chi connectivity index (χ4v) is 1.87. The molecule has 0 aliphatic carbocycles. The summed E-state index contributed by atoms with van der Waals surface area (Å²) in [4.78, 5) is 16.4. The number of hydrogen-bond acceptors (Lipinski definition) is 3. The Morgan fingerprint density at radius 2 is 2.00 bits per heavy atom. The SMILES string of the molecule is CCCCCC1(C)N=C(NC(C)(C)C)NC1=O. The molecule has 0 saturated carbocycles. The first-order valence-electron chi connectivity index (χ1n) is 6.46. The van der Waals surface area contributed by atoms with Gasteiger partial charge in [0, 0.05) is 5.54 Å². The summed E-state index contributed by atoms with van der Waals surface area (Å²) >= 11 is 0. The highest BCUT2D eigenvalue weighted by Gasteiger charge is 2.39. The van der Waals surface area contributed by atoms with Crippen LogP contribution in [-0.2, 0) is 4.79 Å². The van der Waals surface area contributed by atoms with E-state index in [1.54, 1.807) is 0 Å². The number of carbonyl (C=O) groups is 1. The van der Waals surface area contributed by atoms with Crippen molar-refractivity contribution in [2.24, 2.45) is 4.99 Å². The van der Waals surface area contributed by atoms with Gasteiger partial charge in [-0.3, -0.25) is 10.1 Å². The summed E-state index contributed by atoms with van der Waals surface area (Å²) in [6.07, 6.45) is 4.18. The third kappa shape index (κ3) is 4.02. The number of guanidine groups is 1. The molecule has 4 nitrogen and oxygen atoms in total. The van der Waals surface area contributed by atoms with E-state index in [1.807, 2.05) is 6.92 Å². The van der Waals surface area contributed by atoms with Gasteiger partial charge in [-0.05, 0) is 34.1 Å². The second-order valence-corrected chi connectivity index (χ2v) is 6.02. The third-order valence-electron chi connectivity index (χ3n) is 2.84. The maximum Gasteiger partial charge on any atom is 0.254 e. The largest absolute Gasteiger partial charge is 0.351 e. The van der Waals surface area contributed by atoms with E-state index in [4.69, 9.17) is 0 Å². The van der Waals surface area contributed by atoms with E-state index in [9.17, 15) is 4.79 Å². The van der Waals surface area contributed by atoms with Crippen molar-refractivity contribution in [1.82, 2.24) is 10.6 Å². The maximum atomic E-state index is 11.9. The molecule has 1 aliphatic heterocycles. The monoisotopic (exact) mass is 239 g/mol. The predicted molar refractivity (Wildman–Crippen MR) is 71.0 cm³/mol. The van der Waals surface area contributed by atoms with Crippen molar-refractivity contribution >= 4 is 11.9 Å². The zero-order valence-corrected chi connectivity index (χ0v) is 11.7. The molecule has 98 valence electrons. The quantitative estimate of drug-likeness (QED) is 0.739. The molecule has 1 amide bonds. The molecule has 1 rings (SSSR count). The average Bonchev–Trinajstić information content (AvgIpc) is 2.39. The van der Waals surface area contributed by atoms with Crippen LogP contribution >= 0.6 is 0 Å². The molecule has 4 heteroatoms. The van der Waals surface area contributed by atoms with Crippen molar-refractivity contribution in [2.45, 2.75) is 71.4 Å². The highest BCUT2D eigenvalue weighted by atomic mass is 16.2. The molecule has 17 heavy (non-hydrogen) atoms. The van der Waals surface area contributed by atoms with Crippen LogP contribution in [-0.4, -0.2) is 22.9 Å². The number of nitrogens with zero attached hydrogens (tertiary/aromatic N) is 1. The first-order valence-corrected chi connectivity index (χ1v) is 6.46. The van der Waals surface area contributed by atoms with Crippen molar-refractivity contribution in [2.75, 3.05) is 0 Å². The number of nitrogens with one attached hydrogen (secondary N) is 2. The van der Waals surface area contributed by atoms with Crippen LogP contribution in [0.15, 0.2) is 4.99 Å². The predicted octanol–water partition coefficient (Wildman–Crippen LogP) is 2.20. The Hall–Kier alpha value is -1.06. The van der Waals surface area contributed by atoms with Crippen LogP contribution in [0.5, 0.6) is 0 Å². The molecule has 1 unspecified atom stereocenters. The second-order valence-electron chi connectivity index (χ2n) is 6.02. The normalized spacial score (nSPS) is 24.5. The molecule has 0 fully saturated rings. The van der Waals surface area contributed by atoms with Gasteiger partial charge in [0.1, 0.15) is 5.54 Å². The summed E-state index contributed by atoms with van der Waals surface area (Å²) in [5.41, 5.74) is -0.663. The molecule has 0 radical (unpaired) electrons. The Morgan fingerprint density at radius 3 is 2.53 bits per heavy atom. The minimum atomic E-state index is -0.581. The number of unbranched alkanes of at least 4 members (excludes halogenated alkanes) is 2. The zero-order chi connectivity index (χ0) is 13.1. The third-order valence-corrected chi connectivity index (χ3v) is 2.84. The van der Waals surface area contributed by atoms with E-state index in [0.29, 0.717) is 5.96 Å². The molecular weight excluding hydrogens is 214 g/mol. The molecule has 0 aromatic rings. The maximum absolute atomic E-state index is 11.9. The molecule has 0 aromatic heterocycles. The minimum Gasteiger partial charge on any atom is -0.351 e. The lowest BCUT2D eigenvalue weighted by Crippen LogP contribution is -2.47. The van der Waals surface area contributed by atoms with Crippen molar-refractivity contribution in [3.63, 3.8) is 0 Å². The van der Waals surface area contributed by atoms with Crippen LogP contribution in [0, 0.1) is 0 Å². The van der Waals surface area contributed by atoms with Gasteiger partial charge in [-0.1, -0.05) is 26.2 Å². The lowest BCUT2D eigenvalue weighted by Gasteiger charge is -2.21. The lowest BCUT2D eigenvalue weighted by atomic mass is 9.95. The number of aliphatic imine (C=N–C) groups is 1. The van der Waals surface area contributed by atoms with Gasteiger partial charge in [-0.2, -0.15) is 0 Å². The van der Waals surface area contributed by atoms with Gasteiger partial charge < -0.3 is 5.32 Å². The van der Waals surface area contributed by atoms with Crippen LogP contribution in [0.25, 0.3) is 0 Å². The van der Waals surface area contributed by atoms with Crippen LogP contribution in [0.1, 0.15) is 60.3 Å². The summed E-state index contributed by atoms with van der Waals surface area (Å²) in [5, 5.41) is 6.04. The van der Waals surface area contributed by atoms with Crippen molar-refractivity contribution in [1.29, 1.82) is 0 Å². The number of carbonyl (C=O) groups excluding carboxylic acids is 1. The molecule has 0 spiro atoms. The van der Waals surface area contributed by atoms with Gasteiger partial charge in [-0.25, -0.2) is 4.99 Å². The molecule has 0 saturated heterocycles. The van der Waals surface area contributed by atoms with Gasteiger partial charge in [0.15, 0.2) is 5.96 Å². The topological polar surface area (TPSA) is 53.5 Å². The van der Waals surface area contributed by atoms with E-state index in [0.717, 1.165) is 25.7 Å². The molecule has 2 N–H and O–H groups in total. The number of amides is 1. The highest BCUT2D eigenvalue weighted by molar-refractivity contribution is 6.07. The Kier molecular flexibility index (Phi) is 4.17. The van der Waals surface area contributed by atoms with Crippen LogP contribution in [0.4, 0.5) is 0 Å². The number of rotatable bonds is 4. The second kappa shape index (κ2) is 5.07. The Labute approximate surface area is 104 Å². The smallest absolute Gasteiger partial charge is 0.254 e. The van der Waals surface area contributed by atoms with Gasteiger partial charge in [0.05, 0.1) is 0 Å². The van der Waals surface area contributed by atoms with E-state index in [2.05, 4.69) is 43.3 Å². The Bertz CT molecular complexity index is 317. The zero-order valence-electron chi connectivity index (χ0n) is 11.7. The van der Waals surface area contributed by atoms with Gasteiger partial charge in [0.2, 0.25) is 0 Å². The van der Waals surface area contributed by atoms with Gasteiger partial charge >= 0.3 is 0 Å². The van der Waals surface area contributed by atoms with Crippen molar-refractivity contribution in [3.05, 3.63) is 0 Å². The molecule has 0 aromatic carbocycles. The molecule has 0 bridgehead atoms. The van der Waals surface area contributed by atoms with E-state index in [-0.39, 0.29) is 11.4 Å². The van der Waals surface area contributed by atoms with Crippen LogP contribution in [0.2, 0.25) is 0 Å². The van der Waals surface area contributed by atoms with Crippen molar-refractivity contribution in [3.8, 4) is 0 Å². The molecule has 1 aliphatic rings. The molecular formula is C13H25N3O.